The van der Waals surface area contributed by atoms with Crippen LogP contribution in [0, 0.1) is 5.92 Å². The van der Waals surface area contributed by atoms with E-state index in [-0.39, 0.29) is 11.0 Å². The van der Waals surface area contributed by atoms with Gasteiger partial charge < -0.3 is 14.8 Å². The molecule has 0 spiro atoms. The molecule has 0 atom stereocenters. The fraction of sp³-hybridized carbons (Fsp3) is 0.167. The summed E-state index contributed by atoms with van der Waals surface area (Å²) in [7, 11) is 0. The lowest BCUT2D eigenvalue weighted by Gasteiger charge is -2.13. The highest BCUT2D eigenvalue weighted by atomic mass is 79.9. The van der Waals surface area contributed by atoms with Gasteiger partial charge >= 0.3 is 0 Å². The van der Waals surface area contributed by atoms with E-state index in [4.69, 9.17) is 21.7 Å². The summed E-state index contributed by atoms with van der Waals surface area (Å²) >= 11 is 8.72. The Kier molecular flexibility index (Phi) is 8.03. The zero-order chi connectivity index (χ0) is 22.2. The number of hydrogen-bond donors (Lipinski definition) is 2. The summed E-state index contributed by atoms with van der Waals surface area (Å²) in [5, 5.41) is 5.89. The van der Waals surface area contributed by atoms with Crippen LogP contribution in [0.2, 0.25) is 0 Å². The van der Waals surface area contributed by atoms with Gasteiger partial charge in [0.25, 0.3) is 5.91 Å². The van der Waals surface area contributed by atoms with Crippen molar-refractivity contribution in [2.24, 2.45) is 5.92 Å². The zero-order valence-corrected chi connectivity index (χ0v) is 19.6. The maximum absolute atomic E-state index is 12.5. The van der Waals surface area contributed by atoms with E-state index in [0.717, 1.165) is 11.4 Å². The van der Waals surface area contributed by atoms with Gasteiger partial charge in [-0.25, -0.2) is 0 Å². The van der Waals surface area contributed by atoms with E-state index in [1.54, 1.807) is 18.2 Å². The minimum Gasteiger partial charge on any atom is -0.492 e. The Hall–Kier alpha value is -2.90. The number of carbonyl (C=O) groups is 1. The molecule has 0 heterocycles. The highest BCUT2D eigenvalue weighted by molar-refractivity contribution is 9.10. The first-order valence-corrected chi connectivity index (χ1v) is 11.0. The highest BCUT2D eigenvalue weighted by Crippen LogP contribution is 2.26. The molecular formula is C24H23BrN2O3S. The van der Waals surface area contributed by atoms with Crippen molar-refractivity contribution in [1.29, 1.82) is 0 Å². The molecule has 160 valence electrons. The second kappa shape index (κ2) is 10.9. The van der Waals surface area contributed by atoms with Crippen LogP contribution >= 0.6 is 28.1 Å². The predicted octanol–water partition coefficient (Wildman–Crippen LogP) is 6.40. The molecule has 0 aromatic heterocycles. The van der Waals surface area contributed by atoms with Gasteiger partial charge in [-0.2, -0.15) is 0 Å². The van der Waals surface area contributed by atoms with Crippen LogP contribution in [0.1, 0.15) is 24.2 Å². The minimum absolute atomic E-state index is 0.206. The molecule has 2 N–H and O–H groups in total. The lowest BCUT2D eigenvalue weighted by Crippen LogP contribution is -2.34. The average Bonchev–Trinajstić information content (AvgIpc) is 2.74. The Morgan fingerprint density at radius 3 is 2.32 bits per heavy atom. The van der Waals surface area contributed by atoms with Crippen molar-refractivity contribution < 1.29 is 14.3 Å². The van der Waals surface area contributed by atoms with Gasteiger partial charge in [0.1, 0.15) is 17.2 Å². The quantitative estimate of drug-likeness (QED) is 0.369. The topological polar surface area (TPSA) is 59.6 Å². The third kappa shape index (κ3) is 7.08. The molecule has 3 aromatic rings. The van der Waals surface area contributed by atoms with E-state index < -0.39 is 0 Å². The van der Waals surface area contributed by atoms with Gasteiger partial charge in [-0.1, -0.05) is 32.0 Å². The Bertz CT molecular complexity index is 1040. The van der Waals surface area contributed by atoms with Crippen molar-refractivity contribution in [3.05, 3.63) is 82.8 Å². The van der Waals surface area contributed by atoms with E-state index in [0.29, 0.717) is 34.1 Å². The summed E-state index contributed by atoms with van der Waals surface area (Å²) in [4.78, 5) is 12.5. The first-order chi connectivity index (χ1) is 14.9. The molecule has 3 aromatic carbocycles. The number of benzene rings is 3. The van der Waals surface area contributed by atoms with Crippen LogP contribution in [0.5, 0.6) is 17.2 Å². The molecule has 31 heavy (non-hydrogen) atoms. The third-order valence-corrected chi connectivity index (χ3v) is 4.91. The fourth-order valence-corrected chi connectivity index (χ4v) is 3.29. The number of ether oxygens (including phenoxy) is 2. The van der Waals surface area contributed by atoms with Crippen molar-refractivity contribution >= 4 is 44.9 Å². The standard InChI is InChI=1S/C24H23BrN2O3S/c1-16(2)15-29-22-13-8-17(14-21(22)25)23(28)27-24(31)26-18-9-11-20(12-10-18)30-19-6-4-3-5-7-19/h3-14,16H,15H2,1-2H3,(H2,26,27,28,31). The van der Waals surface area contributed by atoms with Crippen molar-refractivity contribution in [3.63, 3.8) is 0 Å². The number of amides is 1. The molecule has 0 unspecified atom stereocenters. The fourth-order valence-electron chi connectivity index (χ4n) is 2.58. The molecule has 0 radical (unpaired) electrons. The molecule has 0 aliphatic heterocycles. The van der Waals surface area contributed by atoms with E-state index in [2.05, 4.69) is 40.4 Å². The molecule has 5 nitrogen and oxygen atoms in total. The van der Waals surface area contributed by atoms with Crippen LogP contribution in [0.15, 0.2) is 77.3 Å². The smallest absolute Gasteiger partial charge is 0.257 e. The number of nitrogens with one attached hydrogen (secondary N) is 2. The minimum atomic E-state index is -0.308. The molecule has 0 aliphatic carbocycles. The molecule has 0 saturated carbocycles. The van der Waals surface area contributed by atoms with Crippen LogP contribution in [-0.2, 0) is 0 Å². The van der Waals surface area contributed by atoms with Crippen LogP contribution in [0.3, 0.4) is 0 Å². The average molecular weight is 499 g/mol. The lowest BCUT2D eigenvalue weighted by molar-refractivity contribution is 0.0977. The van der Waals surface area contributed by atoms with Crippen LogP contribution in [0.4, 0.5) is 5.69 Å². The van der Waals surface area contributed by atoms with Crippen LogP contribution in [0.25, 0.3) is 0 Å². The molecule has 0 aliphatic rings. The van der Waals surface area contributed by atoms with Gasteiger partial charge in [0.2, 0.25) is 0 Å². The molecule has 0 saturated heterocycles. The summed E-state index contributed by atoms with van der Waals surface area (Å²) in [5.74, 6) is 2.27. The molecule has 7 heteroatoms. The van der Waals surface area contributed by atoms with Crippen molar-refractivity contribution in [2.45, 2.75) is 13.8 Å². The number of hydrogen-bond acceptors (Lipinski definition) is 4. The maximum Gasteiger partial charge on any atom is 0.257 e. The van der Waals surface area contributed by atoms with E-state index in [1.165, 1.54) is 0 Å². The molecule has 0 bridgehead atoms. The summed E-state index contributed by atoms with van der Waals surface area (Å²) in [6.45, 7) is 4.76. The van der Waals surface area contributed by atoms with Gasteiger partial charge in [-0.15, -0.1) is 0 Å². The number of anilines is 1. The first kappa shape index (κ1) is 22.8. The Labute approximate surface area is 195 Å². The summed E-state index contributed by atoms with van der Waals surface area (Å²) in [6, 6.07) is 22.0. The highest BCUT2D eigenvalue weighted by Gasteiger charge is 2.11. The Balaban J connectivity index is 1.54. The number of rotatable bonds is 7. The van der Waals surface area contributed by atoms with Crippen molar-refractivity contribution in [2.75, 3.05) is 11.9 Å². The van der Waals surface area contributed by atoms with Crippen LogP contribution < -0.4 is 20.1 Å². The normalized spacial score (nSPS) is 10.5. The van der Waals surface area contributed by atoms with Crippen molar-refractivity contribution in [3.8, 4) is 17.2 Å². The summed E-state index contributed by atoms with van der Waals surface area (Å²) < 4.78 is 12.2. The van der Waals surface area contributed by atoms with Gasteiger partial charge in [0, 0.05) is 11.3 Å². The second-order valence-electron chi connectivity index (χ2n) is 7.20. The second-order valence-corrected chi connectivity index (χ2v) is 8.46. The van der Waals surface area contributed by atoms with Crippen molar-refractivity contribution in [1.82, 2.24) is 5.32 Å². The number of carbonyl (C=O) groups excluding carboxylic acids is 1. The number of para-hydroxylation sites is 1. The molecule has 3 rings (SSSR count). The monoisotopic (exact) mass is 498 g/mol. The SMILES string of the molecule is CC(C)COc1ccc(C(=O)NC(=S)Nc2ccc(Oc3ccccc3)cc2)cc1Br. The third-order valence-electron chi connectivity index (χ3n) is 4.08. The van der Waals surface area contributed by atoms with Crippen LogP contribution in [-0.4, -0.2) is 17.6 Å². The Morgan fingerprint density at radius 2 is 1.68 bits per heavy atom. The maximum atomic E-state index is 12.5. The van der Waals surface area contributed by atoms with Gasteiger partial charge in [0.05, 0.1) is 11.1 Å². The molecule has 0 fully saturated rings. The number of halogens is 1. The van der Waals surface area contributed by atoms with E-state index in [1.807, 2.05) is 54.6 Å². The lowest BCUT2D eigenvalue weighted by atomic mass is 10.2. The molecular weight excluding hydrogens is 476 g/mol. The van der Waals surface area contributed by atoms with Gasteiger partial charge in [0.15, 0.2) is 5.11 Å². The first-order valence-electron chi connectivity index (χ1n) is 9.78. The van der Waals surface area contributed by atoms with Gasteiger partial charge in [-0.05, 0) is 88.7 Å². The van der Waals surface area contributed by atoms with E-state index in [9.17, 15) is 4.79 Å². The predicted molar refractivity (Wildman–Crippen MR) is 131 cm³/mol. The van der Waals surface area contributed by atoms with Gasteiger partial charge in [-0.3, -0.25) is 10.1 Å². The number of thiocarbonyl (C=S) groups is 1. The summed E-state index contributed by atoms with van der Waals surface area (Å²) in [5.41, 5.74) is 1.21. The zero-order valence-electron chi connectivity index (χ0n) is 17.2. The summed E-state index contributed by atoms with van der Waals surface area (Å²) in [6.07, 6.45) is 0. The van der Waals surface area contributed by atoms with E-state index >= 15 is 0 Å². The Morgan fingerprint density at radius 1 is 1.00 bits per heavy atom. The largest absolute Gasteiger partial charge is 0.492 e. The molecule has 1 amide bonds.